The number of thiocarbonyl (C=S) groups is 1. The topological polar surface area (TPSA) is 86.3 Å². The molecule has 0 aromatic carbocycles. The fourth-order valence-corrected chi connectivity index (χ4v) is 3.77. The Kier molecular flexibility index (Phi) is 11.2. The van der Waals surface area contributed by atoms with Crippen molar-refractivity contribution in [2.24, 2.45) is 5.92 Å². The van der Waals surface area contributed by atoms with Crippen LogP contribution < -0.4 is 5.32 Å². The van der Waals surface area contributed by atoms with Crippen LogP contribution in [0.2, 0.25) is 0 Å². The summed E-state index contributed by atoms with van der Waals surface area (Å²) >= 11 is 4.97. The number of nitrogens with one attached hydrogen (secondary N) is 1. The Balaban J connectivity index is 2.51. The molecular weight excluding hydrogens is 376 g/mol. The smallest absolute Gasteiger partial charge is 0.382 e. The highest BCUT2D eigenvalue weighted by molar-refractivity contribution is 7.80. The van der Waals surface area contributed by atoms with Crippen LogP contribution in [0.15, 0.2) is 12.2 Å². The van der Waals surface area contributed by atoms with Gasteiger partial charge in [0.2, 0.25) is 0 Å². The zero-order chi connectivity index (χ0) is 19.6. The number of phosphoric ester groups is 1. The van der Waals surface area contributed by atoms with E-state index < -0.39 is 20.0 Å². The van der Waals surface area contributed by atoms with Crippen LogP contribution in [0.4, 0.5) is 0 Å². The molecule has 5 atom stereocenters. The first-order valence-corrected chi connectivity index (χ1v) is 10.8. The first-order valence-electron chi connectivity index (χ1n) is 8.91. The second kappa shape index (κ2) is 12.2. The van der Waals surface area contributed by atoms with Crippen molar-refractivity contribution in [2.45, 2.75) is 50.8 Å². The first-order chi connectivity index (χ1) is 12.3. The summed E-state index contributed by atoms with van der Waals surface area (Å²) in [5.41, 5.74) is 0. The van der Waals surface area contributed by atoms with Crippen molar-refractivity contribution in [1.29, 1.82) is 0 Å². The molecule has 0 aliphatic carbocycles. The fraction of sp³-hybridized carbons (Fsp3) is 0.812. The van der Waals surface area contributed by atoms with E-state index in [1.165, 1.54) is 0 Å². The maximum absolute atomic E-state index is 11.8. The van der Waals surface area contributed by atoms with Crippen molar-refractivity contribution in [3.8, 4) is 0 Å². The predicted molar refractivity (Wildman–Crippen MR) is 108 cm³/mol. The van der Waals surface area contributed by atoms with E-state index in [0.717, 1.165) is 37.9 Å². The summed E-state index contributed by atoms with van der Waals surface area (Å²) < 4.78 is 32.8. The molecule has 0 aromatic rings. The Morgan fingerprint density at radius 1 is 1.38 bits per heavy atom. The Hall–Kier alpha value is -0.275. The van der Waals surface area contributed by atoms with Crippen LogP contribution in [0.1, 0.15) is 32.6 Å². The molecule has 0 saturated carbocycles. The Labute approximate surface area is 162 Å². The highest BCUT2D eigenvalue weighted by Gasteiger charge is 2.45. The summed E-state index contributed by atoms with van der Waals surface area (Å²) in [5.74, 6) is -0.0406. The van der Waals surface area contributed by atoms with Gasteiger partial charge in [-0.3, -0.25) is 9.05 Å². The number of hydrogen-bond donors (Lipinski definition) is 2. The lowest BCUT2D eigenvalue weighted by Crippen LogP contribution is -2.32. The largest absolute Gasteiger partial charge is 0.472 e. The summed E-state index contributed by atoms with van der Waals surface area (Å²) in [5, 5.41) is 3.14. The van der Waals surface area contributed by atoms with E-state index in [0.29, 0.717) is 13.0 Å². The molecule has 1 rings (SSSR count). The number of allylic oxidation sites excluding steroid dienone is 2. The molecule has 0 spiro atoms. The summed E-state index contributed by atoms with van der Waals surface area (Å²) in [6.07, 6.45) is 7.08. The van der Waals surface area contributed by atoms with Gasteiger partial charge in [0, 0.05) is 32.7 Å². The van der Waals surface area contributed by atoms with Crippen LogP contribution in [-0.2, 0) is 23.1 Å². The van der Waals surface area contributed by atoms with Gasteiger partial charge in [-0.2, -0.15) is 0 Å². The van der Waals surface area contributed by atoms with Gasteiger partial charge in [-0.25, -0.2) is 4.57 Å². The SMILES string of the molecule is B[C@@H]1O[C@H](COC)C(OP(=O)(O)OC)[C@@H]1C/C=C/CCCCNC(C)=S. The maximum Gasteiger partial charge on any atom is 0.472 e. The van der Waals surface area contributed by atoms with Gasteiger partial charge in [0.25, 0.3) is 0 Å². The minimum Gasteiger partial charge on any atom is -0.382 e. The molecule has 0 bridgehead atoms. The lowest BCUT2D eigenvalue weighted by atomic mass is 9.82. The highest BCUT2D eigenvalue weighted by Crippen LogP contribution is 2.48. The molecule has 1 saturated heterocycles. The van der Waals surface area contributed by atoms with E-state index in [1.54, 1.807) is 7.11 Å². The maximum atomic E-state index is 11.8. The van der Waals surface area contributed by atoms with Crippen LogP contribution in [0.5, 0.6) is 0 Å². The fourth-order valence-electron chi connectivity index (χ4n) is 2.99. The molecule has 150 valence electrons. The number of rotatable bonds is 12. The van der Waals surface area contributed by atoms with E-state index in [-0.39, 0.29) is 11.9 Å². The average Bonchev–Trinajstić information content (AvgIpc) is 2.85. The minimum absolute atomic E-state index is 0.0406. The number of hydrogen-bond acceptors (Lipinski definition) is 6. The zero-order valence-electron chi connectivity index (χ0n) is 16.1. The standard InChI is InChI=1S/C16H31BNO6PS/c1-12(26)18-10-8-6-4-5-7-9-13-15(24-25(19,20)22-3)14(11-21-2)23-16(13)17/h5,7,13-16H,4,6,8-11,17H2,1-3H3,(H,18,26)(H,19,20)/b7-5+/t13-,14+,15?,16+/m0/s1. The molecule has 10 heteroatoms. The van der Waals surface area contributed by atoms with Crippen molar-refractivity contribution in [2.75, 3.05) is 27.4 Å². The van der Waals surface area contributed by atoms with E-state index in [9.17, 15) is 9.46 Å². The summed E-state index contributed by atoms with van der Waals surface area (Å²) in [4.78, 5) is 10.5. The van der Waals surface area contributed by atoms with Crippen molar-refractivity contribution in [3.05, 3.63) is 12.2 Å². The van der Waals surface area contributed by atoms with Crippen molar-refractivity contribution < 1.29 is 28.0 Å². The third-order valence-corrected chi connectivity index (χ3v) is 5.46. The van der Waals surface area contributed by atoms with Gasteiger partial charge < -0.3 is 19.7 Å². The molecule has 7 nitrogen and oxygen atoms in total. The summed E-state index contributed by atoms with van der Waals surface area (Å²) in [6, 6.07) is -0.101. The molecule has 2 unspecified atom stereocenters. The molecule has 26 heavy (non-hydrogen) atoms. The molecule has 1 aliphatic rings. The molecule has 1 fully saturated rings. The third kappa shape index (κ3) is 8.61. The van der Waals surface area contributed by atoms with E-state index in [2.05, 4.69) is 22.0 Å². The Morgan fingerprint density at radius 3 is 2.73 bits per heavy atom. The highest BCUT2D eigenvalue weighted by atomic mass is 32.1. The lowest BCUT2D eigenvalue weighted by Gasteiger charge is -2.24. The summed E-state index contributed by atoms with van der Waals surface area (Å²) in [6.45, 7) is 3.07. The second-order valence-electron chi connectivity index (χ2n) is 6.41. The normalized spacial score (nSPS) is 28.3. The average molecular weight is 407 g/mol. The van der Waals surface area contributed by atoms with Crippen LogP contribution in [0.25, 0.3) is 0 Å². The molecular formula is C16H31BNO6PS. The summed E-state index contributed by atoms with van der Waals surface area (Å²) in [7, 11) is 0.569. The van der Waals surface area contributed by atoms with Crippen LogP contribution >= 0.6 is 20.0 Å². The predicted octanol–water partition coefficient (Wildman–Crippen LogP) is 1.79. The number of unbranched alkanes of at least 4 members (excludes halogenated alkanes) is 2. The van der Waals surface area contributed by atoms with Crippen LogP contribution in [-0.4, -0.2) is 63.3 Å². The van der Waals surface area contributed by atoms with E-state index in [4.69, 9.17) is 26.2 Å². The number of ether oxygens (including phenoxy) is 2. The van der Waals surface area contributed by atoms with Gasteiger partial charge in [0.05, 0.1) is 11.6 Å². The molecule has 0 aromatic heterocycles. The number of phosphoric acid groups is 1. The van der Waals surface area contributed by atoms with E-state index in [1.807, 2.05) is 14.8 Å². The Bertz CT molecular complexity index is 509. The minimum atomic E-state index is -4.09. The van der Waals surface area contributed by atoms with Gasteiger partial charge in [0.1, 0.15) is 20.1 Å². The Morgan fingerprint density at radius 2 is 2.12 bits per heavy atom. The van der Waals surface area contributed by atoms with Crippen molar-refractivity contribution >= 4 is 32.9 Å². The number of methoxy groups -OCH3 is 1. The first kappa shape index (κ1) is 23.8. The van der Waals surface area contributed by atoms with Crippen molar-refractivity contribution in [1.82, 2.24) is 5.32 Å². The van der Waals surface area contributed by atoms with Crippen molar-refractivity contribution in [3.63, 3.8) is 0 Å². The van der Waals surface area contributed by atoms with Crippen LogP contribution in [0.3, 0.4) is 0 Å². The monoisotopic (exact) mass is 407 g/mol. The van der Waals surface area contributed by atoms with Gasteiger partial charge in [0.15, 0.2) is 0 Å². The lowest BCUT2D eigenvalue weighted by molar-refractivity contribution is -0.0192. The van der Waals surface area contributed by atoms with E-state index >= 15 is 0 Å². The second-order valence-corrected chi connectivity index (χ2v) is 8.53. The molecule has 0 radical (unpaired) electrons. The van der Waals surface area contributed by atoms with Gasteiger partial charge in [-0.1, -0.05) is 24.4 Å². The molecule has 0 amide bonds. The van der Waals surface area contributed by atoms with Gasteiger partial charge in [-0.05, 0) is 32.6 Å². The zero-order valence-corrected chi connectivity index (χ0v) is 17.8. The van der Waals surface area contributed by atoms with Gasteiger partial charge >= 0.3 is 7.82 Å². The third-order valence-electron chi connectivity index (χ3n) is 4.34. The van der Waals surface area contributed by atoms with Gasteiger partial charge in [-0.15, -0.1) is 0 Å². The molecule has 2 N–H and O–H groups in total. The quantitative estimate of drug-likeness (QED) is 0.167. The molecule has 1 heterocycles. The van der Waals surface area contributed by atoms with Crippen LogP contribution in [0, 0.1) is 5.92 Å². The molecule has 1 aliphatic heterocycles.